The topological polar surface area (TPSA) is 86.7 Å². The van der Waals surface area contributed by atoms with Crippen LogP contribution < -0.4 is 5.32 Å². The monoisotopic (exact) mass is 300 g/mol. The highest BCUT2D eigenvalue weighted by atomic mass is 16.4. The Morgan fingerprint density at radius 3 is 2.14 bits per heavy atom. The summed E-state index contributed by atoms with van der Waals surface area (Å²) in [5, 5.41) is 11.4. The number of aliphatic carboxylic acids is 1. The van der Waals surface area contributed by atoms with E-state index in [2.05, 4.69) is 5.32 Å². The van der Waals surface area contributed by atoms with Crippen LogP contribution in [0.2, 0.25) is 0 Å². The molecule has 0 aromatic heterocycles. The third-order valence-electron chi connectivity index (χ3n) is 3.10. The van der Waals surface area contributed by atoms with Crippen LogP contribution in [0.15, 0.2) is 0 Å². The molecule has 6 nitrogen and oxygen atoms in total. The molecule has 0 heterocycles. The third kappa shape index (κ3) is 8.32. The molecule has 0 aliphatic rings. The van der Waals surface area contributed by atoms with E-state index in [4.69, 9.17) is 5.11 Å². The molecule has 0 rings (SSSR count). The van der Waals surface area contributed by atoms with Crippen molar-refractivity contribution in [3.63, 3.8) is 0 Å². The summed E-state index contributed by atoms with van der Waals surface area (Å²) >= 11 is 0. The van der Waals surface area contributed by atoms with Gasteiger partial charge in [-0.05, 0) is 18.3 Å². The summed E-state index contributed by atoms with van der Waals surface area (Å²) in [5.41, 5.74) is 0. The van der Waals surface area contributed by atoms with Gasteiger partial charge in [0.15, 0.2) is 0 Å². The van der Waals surface area contributed by atoms with Gasteiger partial charge in [0.2, 0.25) is 11.8 Å². The number of carbonyl (C=O) groups is 3. The number of carbonyl (C=O) groups excluding carboxylic acids is 2. The lowest BCUT2D eigenvalue weighted by Crippen LogP contribution is -2.50. The Bertz CT molecular complexity index is 367. The number of hydrogen-bond donors (Lipinski definition) is 2. The number of carboxylic acid groups (broad SMARTS) is 1. The van der Waals surface area contributed by atoms with Gasteiger partial charge in [-0.25, -0.2) is 0 Å². The maximum Gasteiger partial charge on any atom is 0.303 e. The maximum absolute atomic E-state index is 12.3. The van der Waals surface area contributed by atoms with Gasteiger partial charge in [-0.3, -0.25) is 14.4 Å². The Labute approximate surface area is 126 Å². The van der Waals surface area contributed by atoms with E-state index in [0.29, 0.717) is 19.4 Å². The lowest BCUT2D eigenvalue weighted by atomic mass is 10.0. The first-order chi connectivity index (χ1) is 9.65. The van der Waals surface area contributed by atoms with Crippen LogP contribution in [-0.2, 0) is 14.4 Å². The second-order valence-electron chi connectivity index (χ2n) is 6.14. The van der Waals surface area contributed by atoms with E-state index in [-0.39, 0.29) is 30.1 Å². The highest BCUT2D eigenvalue weighted by Crippen LogP contribution is 2.08. The van der Waals surface area contributed by atoms with Crippen LogP contribution in [0.1, 0.15) is 47.0 Å². The first-order valence-corrected chi connectivity index (χ1v) is 7.41. The van der Waals surface area contributed by atoms with Crippen LogP contribution in [0.25, 0.3) is 0 Å². The van der Waals surface area contributed by atoms with Crippen molar-refractivity contribution in [1.29, 1.82) is 0 Å². The Morgan fingerprint density at radius 2 is 1.71 bits per heavy atom. The number of likely N-dealkylation sites (N-methyl/N-ethyl adjacent to an activating group) is 1. The summed E-state index contributed by atoms with van der Waals surface area (Å²) in [5.74, 6) is -0.957. The second-order valence-corrected chi connectivity index (χ2v) is 6.14. The van der Waals surface area contributed by atoms with Crippen molar-refractivity contribution in [2.24, 2.45) is 11.8 Å². The van der Waals surface area contributed by atoms with E-state index in [0.717, 1.165) is 0 Å². The van der Waals surface area contributed by atoms with Gasteiger partial charge in [-0.1, -0.05) is 27.7 Å². The number of rotatable bonds is 9. The minimum atomic E-state index is -0.874. The lowest BCUT2D eigenvalue weighted by molar-refractivity contribution is -0.139. The van der Waals surface area contributed by atoms with Gasteiger partial charge in [0.25, 0.3) is 0 Å². The molecule has 0 aromatic carbocycles. The van der Waals surface area contributed by atoms with Crippen molar-refractivity contribution in [2.45, 2.75) is 53.0 Å². The minimum Gasteiger partial charge on any atom is -0.481 e. The van der Waals surface area contributed by atoms with Gasteiger partial charge >= 0.3 is 5.97 Å². The van der Waals surface area contributed by atoms with Crippen LogP contribution in [0, 0.1) is 11.8 Å². The van der Waals surface area contributed by atoms with Crippen molar-refractivity contribution < 1.29 is 19.5 Å². The molecule has 0 bridgehead atoms. The minimum absolute atomic E-state index is 0.0180. The number of hydrogen-bond acceptors (Lipinski definition) is 3. The average Bonchev–Trinajstić information content (AvgIpc) is 2.33. The third-order valence-corrected chi connectivity index (χ3v) is 3.10. The number of amides is 2. The summed E-state index contributed by atoms with van der Waals surface area (Å²) in [7, 11) is 1.63. The Morgan fingerprint density at radius 1 is 1.14 bits per heavy atom. The zero-order valence-electron chi connectivity index (χ0n) is 13.7. The first kappa shape index (κ1) is 19.4. The van der Waals surface area contributed by atoms with Gasteiger partial charge in [0, 0.05) is 26.4 Å². The van der Waals surface area contributed by atoms with Gasteiger partial charge in [-0.15, -0.1) is 0 Å². The smallest absolute Gasteiger partial charge is 0.303 e. The first-order valence-electron chi connectivity index (χ1n) is 7.41. The SMILES string of the molecule is CC(C)CC(=O)NC(C(=O)N(C)CCCC(=O)O)C(C)C. The summed E-state index contributed by atoms with van der Waals surface area (Å²) in [4.78, 5) is 36.2. The predicted molar refractivity (Wildman–Crippen MR) is 80.7 cm³/mol. The van der Waals surface area contributed by atoms with E-state index in [9.17, 15) is 14.4 Å². The molecule has 0 aromatic rings. The van der Waals surface area contributed by atoms with Crippen LogP contribution in [0.5, 0.6) is 0 Å². The van der Waals surface area contributed by atoms with Crippen LogP contribution in [0.3, 0.4) is 0 Å². The van der Waals surface area contributed by atoms with Crippen molar-refractivity contribution in [3.8, 4) is 0 Å². The zero-order valence-corrected chi connectivity index (χ0v) is 13.7. The van der Waals surface area contributed by atoms with E-state index < -0.39 is 12.0 Å². The number of nitrogens with one attached hydrogen (secondary N) is 1. The van der Waals surface area contributed by atoms with E-state index in [1.807, 2.05) is 27.7 Å². The molecule has 0 aliphatic carbocycles. The van der Waals surface area contributed by atoms with Gasteiger partial charge in [-0.2, -0.15) is 0 Å². The highest BCUT2D eigenvalue weighted by molar-refractivity contribution is 5.87. The van der Waals surface area contributed by atoms with E-state index in [1.54, 1.807) is 7.05 Å². The molecular formula is C15H28N2O4. The molecule has 2 amide bonds. The summed E-state index contributed by atoms with van der Waals surface area (Å²) < 4.78 is 0. The van der Waals surface area contributed by atoms with Crippen LogP contribution in [-0.4, -0.2) is 47.4 Å². The van der Waals surface area contributed by atoms with Crippen molar-refractivity contribution in [3.05, 3.63) is 0 Å². The predicted octanol–water partition coefficient (Wildman–Crippen LogP) is 1.50. The molecule has 21 heavy (non-hydrogen) atoms. The molecule has 0 saturated heterocycles. The molecule has 0 aliphatic heterocycles. The molecule has 122 valence electrons. The maximum atomic E-state index is 12.3. The molecule has 0 saturated carbocycles. The second kappa shape index (κ2) is 9.37. The van der Waals surface area contributed by atoms with Crippen LogP contribution in [0.4, 0.5) is 0 Å². The summed E-state index contributed by atoms with van der Waals surface area (Å²) in [6.07, 6.45) is 0.825. The molecule has 0 radical (unpaired) electrons. The summed E-state index contributed by atoms with van der Waals surface area (Å²) in [6.45, 7) is 8.02. The quantitative estimate of drug-likeness (QED) is 0.675. The average molecular weight is 300 g/mol. The molecule has 6 heteroatoms. The fourth-order valence-electron chi connectivity index (χ4n) is 1.93. The molecule has 1 unspecified atom stereocenters. The fraction of sp³-hybridized carbons (Fsp3) is 0.800. The van der Waals surface area contributed by atoms with Gasteiger partial charge in [0.05, 0.1) is 0 Å². The molecule has 0 fully saturated rings. The Balaban J connectivity index is 4.53. The van der Waals surface area contributed by atoms with E-state index in [1.165, 1.54) is 4.90 Å². The lowest BCUT2D eigenvalue weighted by Gasteiger charge is -2.27. The molecular weight excluding hydrogens is 272 g/mol. The zero-order chi connectivity index (χ0) is 16.6. The number of carboxylic acids is 1. The Hall–Kier alpha value is -1.59. The Kier molecular flexibility index (Phi) is 8.66. The molecule has 0 spiro atoms. The van der Waals surface area contributed by atoms with Crippen molar-refractivity contribution in [1.82, 2.24) is 10.2 Å². The van der Waals surface area contributed by atoms with Gasteiger partial charge < -0.3 is 15.3 Å². The van der Waals surface area contributed by atoms with Gasteiger partial charge in [0.1, 0.15) is 6.04 Å². The normalized spacial score (nSPS) is 12.3. The summed E-state index contributed by atoms with van der Waals surface area (Å²) in [6, 6.07) is -0.564. The van der Waals surface area contributed by atoms with Crippen molar-refractivity contribution >= 4 is 17.8 Å². The van der Waals surface area contributed by atoms with Crippen molar-refractivity contribution in [2.75, 3.05) is 13.6 Å². The fourth-order valence-corrected chi connectivity index (χ4v) is 1.93. The highest BCUT2D eigenvalue weighted by Gasteiger charge is 2.26. The molecule has 2 N–H and O–H groups in total. The van der Waals surface area contributed by atoms with E-state index >= 15 is 0 Å². The van der Waals surface area contributed by atoms with Crippen LogP contribution >= 0.6 is 0 Å². The standard InChI is InChI=1S/C15H28N2O4/c1-10(2)9-12(18)16-14(11(3)4)15(21)17(5)8-6-7-13(19)20/h10-11,14H,6-9H2,1-5H3,(H,16,18)(H,19,20). The largest absolute Gasteiger partial charge is 0.481 e. The molecule has 1 atom stereocenters. The number of nitrogens with zero attached hydrogens (tertiary/aromatic N) is 1.